The molecule has 1 fully saturated rings. The molecule has 2 aromatic rings. The van der Waals surface area contributed by atoms with Gasteiger partial charge in [0, 0.05) is 25.6 Å². The first-order valence-electron chi connectivity index (χ1n) is 9.77. The standard InChI is InChI=1S/C22H25N3O4/c1-15-18(22(28)29)8-9-19(23-15)21(27)24-17-11-13-25(14-12-17)20(26)10-7-16-5-3-2-4-6-16/h2-6,8-9,17H,7,10-14H2,1H3,(H,24,27)(H,28,29). The number of nitrogens with one attached hydrogen (secondary N) is 1. The molecule has 7 heteroatoms. The van der Waals surface area contributed by atoms with Crippen molar-refractivity contribution in [2.45, 2.75) is 38.6 Å². The summed E-state index contributed by atoms with van der Waals surface area (Å²) in [5, 5.41) is 12.0. The van der Waals surface area contributed by atoms with Gasteiger partial charge in [-0.15, -0.1) is 0 Å². The Morgan fingerprint density at radius 1 is 1.10 bits per heavy atom. The van der Waals surface area contributed by atoms with Crippen LogP contribution < -0.4 is 5.32 Å². The van der Waals surface area contributed by atoms with Crippen LogP contribution in [0.5, 0.6) is 0 Å². The Labute approximate surface area is 169 Å². The third kappa shape index (κ3) is 5.40. The van der Waals surface area contributed by atoms with Crippen LogP contribution in [0.3, 0.4) is 0 Å². The summed E-state index contributed by atoms with van der Waals surface area (Å²) in [4.78, 5) is 41.9. The minimum atomic E-state index is -1.06. The second kappa shape index (κ2) is 9.32. The van der Waals surface area contributed by atoms with Gasteiger partial charge in [0.25, 0.3) is 5.91 Å². The Kier molecular flexibility index (Phi) is 6.59. The van der Waals surface area contributed by atoms with Crippen LogP contribution in [0.2, 0.25) is 0 Å². The average molecular weight is 395 g/mol. The normalized spacial score (nSPS) is 14.4. The predicted octanol–water partition coefficient (Wildman–Crippen LogP) is 2.44. The fourth-order valence-electron chi connectivity index (χ4n) is 3.50. The minimum Gasteiger partial charge on any atom is -0.478 e. The van der Waals surface area contributed by atoms with Crippen LogP contribution in [0.25, 0.3) is 0 Å². The number of carbonyl (C=O) groups is 3. The van der Waals surface area contributed by atoms with Crippen molar-refractivity contribution in [3.8, 4) is 0 Å². The highest BCUT2D eigenvalue weighted by Crippen LogP contribution is 2.14. The molecule has 0 atom stereocenters. The summed E-state index contributed by atoms with van der Waals surface area (Å²) in [5.41, 5.74) is 1.75. The number of carboxylic acid groups (broad SMARTS) is 1. The van der Waals surface area contributed by atoms with E-state index in [0.717, 1.165) is 12.0 Å². The molecule has 0 spiro atoms. The zero-order chi connectivity index (χ0) is 20.8. The molecular formula is C22H25N3O4. The average Bonchev–Trinajstić information content (AvgIpc) is 2.73. The number of benzene rings is 1. The predicted molar refractivity (Wildman–Crippen MR) is 108 cm³/mol. The molecule has 2 heterocycles. The summed E-state index contributed by atoms with van der Waals surface area (Å²) < 4.78 is 0. The molecular weight excluding hydrogens is 370 g/mol. The molecule has 1 aromatic heterocycles. The van der Waals surface area contributed by atoms with Crippen LogP contribution in [0.15, 0.2) is 42.5 Å². The number of likely N-dealkylation sites (tertiary alicyclic amines) is 1. The van der Waals surface area contributed by atoms with Crippen molar-refractivity contribution in [1.29, 1.82) is 0 Å². The number of hydrogen-bond donors (Lipinski definition) is 2. The molecule has 29 heavy (non-hydrogen) atoms. The van der Waals surface area contributed by atoms with Crippen LogP contribution >= 0.6 is 0 Å². The second-order valence-corrected chi connectivity index (χ2v) is 7.25. The number of carbonyl (C=O) groups excluding carboxylic acids is 2. The van der Waals surface area contributed by atoms with Gasteiger partial charge in [0.05, 0.1) is 11.3 Å². The molecule has 2 N–H and O–H groups in total. The summed E-state index contributed by atoms with van der Waals surface area (Å²) in [5.74, 6) is -1.25. The van der Waals surface area contributed by atoms with Gasteiger partial charge in [-0.1, -0.05) is 30.3 Å². The number of amides is 2. The van der Waals surface area contributed by atoms with Gasteiger partial charge in [0.2, 0.25) is 5.91 Å². The van der Waals surface area contributed by atoms with Gasteiger partial charge in [0.1, 0.15) is 5.69 Å². The van der Waals surface area contributed by atoms with E-state index in [9.17, 15) is 14.4 Å². The van der Waals surface area contributed by atoms with E-state index >= 15 is 0 Å². The lowest BCUT2D eigenvalue weighted by molar-refractivity contribution is -0.132. The second-order valence-electron chi connectivity index (χ2n) is 7.25. The van der Waals surface area contributed by atoms with E-state index in [4.69, 9.17) is 5.11 Å². The van der Waals surface area contributed by atoms with Gasteiger partial charge in [-0.05, 0) is 43.9 Å². The Hall–Kier alpha value is -3.22. The third-order valence-corrected chi connectivity index (χ3v) is 5.20. The van der Waals surface area contributed by atoms with Gasteiger partial charge in [-0.25, -0.2) is 9.78 Å². The molecule has 0 radical (unpaired) electrons. The lowest BCUT2D eigenvalue weighted by atomic mass is 10.0. The zero-order valence-corrected chi connectivity index (χ0v) is 16.4. The monoisotopic (exact) mass is 395 g/mol. The minimum absolute atomic E-state index is 0.0260. The van der Waals surface area contributed by atoms with Crippen molar-refractivity contribution in [2.75, 3.05) is 13.1 Å². The van der Waals surface area contributed by atoms with Crippen LogP contribution in [-0.2, 0) is 11.2 Å². The Balaban J connectivity index is 1.47. The fourth-order valence-corrected chi connectivity index (χ4v) is 3.50. The molecule has 3 rings (SSSR count). The van der Waals surface area contributed by atoms with E-state index in [0.29, 0.717) is 38.0 Å². The van der Waals surface area contributed by atoms with E-state index in [1.54, 1.807) is 6.92 Å². The van der Waals surface area contributed by atoms with Gasteiger partial charge in [-0.2, -0.15) is 0 Å². The molecule has 7 nitrogen and oxygen atoms in total. The highest BCUT2D eigenvalue weighted by molar-refractivity contribution is 5.94. The molecule has 0 bridgehead atoms. The van der Waals surface area contributed by atoms with Crippen LogP contribution in [-0.4, -0.2) is 51.9 Å². The van der Waals surface area contributed by atoms with E-state index < -0.39 is 5.97 Å². The number of nitrogens with zero attached hydrogens (tertiary/aromatic N) is 2. The topological polar surface area (TPSA) is 99.6 Å². The Morgan fingerprint density at radius 2 is 1.79 bits per heavy atom. The van der Waals surface area contributed by atoms with E-state index in [1.165, 1.54) is 12.1 Å². The molecule has 0 unspecified atom stereocenters. The fraction of sp³-hybridized carbons (Fsp3) is 0.364. The maximum absolute atomic E-state index is 12.4. The molecule has 1 aromatic carbocycles. The summed E-state index contributed by atoms with van der Waals surface area (Å²) in [6.07, 6.45) is 2.60. The van der Waals surface area contributed by atoms with Crippen molar-refractivity contribution >= 4 is 17.8 Å². The van der Waals surface area contributed by atoms with E-state index in [-0.39, 0.29) is 29.1 Å². The largest absolute Gasteiger partial charge is 0.478 e. The quantitative estimate of drug-likeness (QED) is 0.783. The van der Waals surface area contributed by atoms with E-state index in [1.807, 2.05) is 35.2 Å². The van der Waals surface area contributed by atoms with Crippen LogP contribution in [0.1, 0.15) is 51.4 Å². The zero-order valence-electron chi connectivity index (χ0n) is 16.4. The maximum atomic E-state index is 12.4. The molecule has 1 aliphatic rings. The number of rotatable bonds is 6. The van der Waals surface area contributed by atoms with Gasteiger partial charge < -0.3 is 15.3 Å². The SMILES string of the molecule is Cc1nc(C(=O)NC2CCN(C(=O)CCc3ccccc3)CC2)ccc1C(=O)O. The first-order chi connectivity index (χ1) is 13.9. The lowest BCUT2D eigenvalue weighted by Gasteiger charge is -2.32. The summed E-state index contributed by atoms with van der Waals surface area (Å²) in [6.45, 7) is 2.80. The van der Waals surface area contributed by atoms with Crippen molar-refractivity contribution in [2.24, 2.45) is 0 Å². The highest BCUT2D eigenvalue weighted by Gasteiger charge is 2.24. The summed E-state index contributed by atoms with van der Waals surface area (Å²) in [6, 6.07) is 12.7. The number of piperidine rings is 1. The number of pyridine rings is 1. The van der Waals surface area contributed by atoms with Gasteiger partial charge in [0.15, 0.2) is 0 Å². The number of carboxylic acids is 1. The highest BCUT2D eigenvalue weighted by atomic mass is 16.4. The number of aromatic nitrogens is 1. The van der Waals surface area contributed by atoms with Crippen LogP contribution in [0, 0.1) is 6.92 Å². The molecule has 0 saturated carbocycles. The third-order valence-electron chi connectivity index (χ3n) is 5.20. The maximum Gasteiger partial charge on any atom is 0.337 e. The van der Waals surface area contributed by atoms with E-state index in [2.05, 4.69) is 10.3 Å². The first-order valence-corrected chi connectivity index (χ1v) is 9.77. The summed E-state index contributed by atoms with van der Waals surface area (Å²) >= 11 is 0. The number of hydrogen-bond acceptors (Lipinski definition) is 4. The molecule has 152 valence electrons. The van der Waals surface area contributed by atoms with Gasteiger partial charge >= 0.3 is 5.97 Å². The first kappa shape index (κ1) is 20.5. The van der Waals surface area contributed by atoms with Gasteiger partial charge in [-0.3, -0.25) is 9.59 Å². The van der Waals surface area contributed by atoms with Crippen molar-refractivity contribution in [3.63, 3.8) is 0 Å². The number of aryl methyl sites for hydroxylation is 2. The Bertz CT molecular complexity index is 890. The lowest BCUT2D eigenvalue weighted by Crippen LogP contribution is -2.46. The molecule has 2 amide bonds. The molecule has 0 aliphatic carbocycles. The van der Waals surface area contributed by atoms with Crippen molar-refractivity contribution < 1.29 is 19.5 Å². The van der Waals surface area contributed by atoms with Crippen LogP contribution in [0.4, 0.5) is 0 Å². The van der Waals surface area contributed by atoms with Crippen molar-refractivity contribution in [3.05, 3.63) is 65.0 Å². The van der Waals surface area contributed by atoms with Crippen molar-refractivity contribution in [1.82, 2.24) is 15.2 Å². The smallest absolute Gasteiger partial charge is 0.337 e. The molecule has 1 aliphatic heterocycles. The summed E-state index contributed by atoms with van der Waals surface area (Å²) in [7, 11) is 0. The number of aromatic carboxylic acids is 1. The Morgan fingerprint density at radius 3 is 2.41 bits per heavy atom. The molecule has 1 saturated heterocycles.